The summed E-state index contributed by atoms with van der Waals surface area (Å²) in [5.41, 5.74) is 1.41. The van der Waals surface area contributed by atoms with Gasteiger partial charge in [-0.3, -0.25) is 4.79 Å². The Morgan fingerprint density at radius 2 is 1.88 bits per heavy atom. The minimum absolute atomic E-state index is 0.0972. The molecule has 0 bridgehead atoms. The third kappa shape index (κ3) is 3.73. The molecular formula is C19H22N2O4S. The lowest BCUT2D eigenvalue weighted by atomic mass is 10.1. The van der Waals surface area contributed by atoms with Crippen LogP contribution in [0.25, 0.3) is 0 Å². The van der Waals surface area contributed by atoms with Crippen molar-refractivity contribution in [3.63, 3.8) is 0 Å². The Hall–Kier alpha value is -2.38. The summed E-state index contributed by atoms with van der Waals surface area (Å²) in [7, 11) is -3.53. The number of ether oxygens (including phenoxy) is 1. The second-order valence-corrected chi connectivity index (χ2v) is 7.99. The van der Waals surface area contributed by atoms with Crippen LogP contribution >= 0.6 is 0 Å². The highest BCUT2D eigenvalue weighted by molar-refractivity contribution is 7.89. The highest BCUT2D eigenvalue weighted by atomic mass is 32.2. The number of benzene rings is 2. The molecule has 26 heavy (non-hydrogen) atoms. The van der Waals surface area contributed by atoms with E-state index in [1.54, 1.807) is 24.0 Å². The second kappa shape index (κ2) is 7.47. The first-order valence-corrected chi connectivity index (χ1v) is 10.0. The lowest BCUT2D eigenvalue weighted by Crippen LogP contribution is -2.39. The first kappa shape index (κ1) is 18.4. The fourth-order valence-electron chi connectivity index (χ4n) is 2.90. The van der Waals surface area contributed by atoms with E-state index in [2.05, 4.69) is 4.72 Å². The molecule has 0 aromatic heterocycles. The van der Waals surface area contributed by atoms with Gasteiger partial charge in [-0.15, -0.1) is 0 Å². The molecule has 0 saturated heterocycles. The fraction of sp³-hybridized carbons (Fsp3) is 0.316. The van der Waals surface area contributed by atoms with Crippen LogP contribution in [0.1, 0.15) is 29.8 Å². The number of carbonyl (C=O) groups is 1. The Labute approximate surface area is 153 Å². The summed E-state index contributed by atoms with van der Waals surface area (Å²) in [6.07, 6.45) is 0. The third-order valence-corrected chi connectivity index (χ3v) is 5.89. The molecule has 1 heterocycles. The van der Waals surface area contributed by atoms with E-state index in [4.69, 9.17) is 4.74 Å². The van der Waals surface area contributed by atoms with Crippen LogP contribution in [0.4, 0.5) is 0 Å². The topological polar surface area (TPSA) is 75.7 Å². The van der Waals surface area contributed by atoms with Crippen molar-refractivity contribution in [1.82, 2.24) is 9.62 Å². The molecule has 1 N–H and O–H groups in total. The van der Waals surface area contributed by atoms with Crippen LogP contribution in [0.2, 0.25) is 0 Å². The first-order valence-electron chi connectivity index (χ1n) is 8.54. The van der Waals surface area contributed by atoms with E-state index in [-0.39, 0.29) is 16.8 Å². The molecule has 138 valence electrons. The quantitative estimate of drug-likeness (QED) is 0.892. The van der Waals surface area contributed by atoms with Crippen molar-refractivity contribution in [3.05, 3.63) is 59.7 Å². The zero-order chi connectivity index (χ0) is 18.7. The standard InChI is InChI=1S/C19H22N2O4S/c1-3-20-26(23,24)17-10-8-15(9-11-17)19(22)21-12-16-6-4-5-7-18(16)25-13-14(21)2/h4-11,14,20H,3,12-13H2,1-2H3. The van der Waals surface area contributed by atoms with Crippen molar-refractivity contribution in [2.45, 2.75) is 31.3 Å². The van der Waals surface area contributed by atoms with Gasteiger partial charge in [0.05, 0.1) is 17.5 Å². The van der Waals surface area contributed by atoms with Crippen molar-refractivity contribution in [2.24, 2.45) is 0 Å². The van der Waals surface area contributed by atoms with Gasteiger partial charge in [0.2, 0.25) is 10.0 Å². The summed E-state index contributed by atoms with van der Waals surface area (Å²) in [4.78, 5) is 14.9. The lowest BCUT2D eigenvalue weighted by Gasteiger charge is -2.26. The van der Waals surface area contributed by atoms with Crippen molar-refractivity contribution in [1.29, 1.82) is 0 Å². The number of hydrogen-bond acceptors (Lipinski definition) is 4. The van der Waals surface area contributed by atoms with Gasteiger partial charge >= 0.3 is 0 Å². The summed E-state index contributed by atoms with van der Waals surface area (Å²) in [5, 5.41) is 0. The van der Waals surface area contributed by atoms with Gasteiger partial charge in [-0.1, -0.05) is 25.1 Å². The molecule has 2 aromatic rings. The molecule has 0 fully saturated rings. The summed E-state index contributed by atoms with van der Waals surface area (Å²) in [6, 6.07) is 13.6. The minimum Gasteiger partial charge on any atom is -0.491 e. The Morgan fingerprint density at radius 1 is 1.19 bits per heavy atom. The summed E-state index contributed by atoms with van der Waals surface area (Å²) >= 11 is 0. The Bertz CT molecular complexity index is 894. The molecule has 1 unspecified atom stereocenters. The SMILES string of the molecule is CCNS(=O)(=O)c1ccc(C(=O)N2Cc3ccccc3OCC2C)cc1. The lowest BCUT2D eigenvalue weighted by molar-refractivity contribution is 0.0645. The Balaban J connectivity index is 1.84. The Kier molecular flexibility index (Phi) is 5.29. The molecule has 0 spiro atoms. The van der Waals surface area contributed by atoms with Gasteiger partial charge in [0.25, 0.3) is 5.91 Å². The van der Waals surface area contributed by atoms with Gasteiger partial charge in [-0.05, 0) is 37.3 Å². The largest absolute Gasteiger partial charge is 0.491 e. The van der Waals surface area contributed by atoms with Crippen LogP contribution in [0.5, 0.6) is 5.75 Å². The zero-order valence-electron chi connectivity index (χ0n) is 14.8. The monoisotopic (exact) mass is 374 g/mol. The van der Waals surface area contributed by atoms with Gasteiger partial charge in [-0.25, -0.2) is 13.1 Å². The second-order valence-electron chi connectivity index (χ2n) is 6.23. The molecular weight excluding hydrogens is 352 g/mol. The highest BCUT2D eigenvalue weighted by Gasteiger charge is 2.26. The number of fused-ring (bicyclic) bond motifs is 1. The van der Waals surface area contributed by atoms with Crippen LogP contribution in [0, 0.1) is 0 Å². The number of carbonyl (C=O) groups excluding carboxylic acids is 1. The van der Waals surface area contributed by atoms with Gasteiger partial charge < -0.3 is 9.64 Å². The maximum Gasteiger partial charge on any atom is 0.254 e. The van der Waals surface area contributed by atoms with Crippen molar-refractivity contribution in [3.8, 4) is 5.75 Å². The van der Waals surface area contributed by atoms with Crippen LogP contribution in [-0.2, 0) is 16.6 Å². The highest BCUT2D eigenvalue weighted by Crippen LogP contribution is 2.26. The van der Waals surface area contributed by atoms with Crippen molar-refractivity contribution in [2.75, 3.05) is 13.2 Å². The van der Waals surface area contributed by atoms with E-state index in [9.17, 15) is 13.2 Å². The van der Waals surface area contributed by atoms with E-state index in [0.29, 0.717) is 25.3 Å². The molecule has 6 nitrogen and oxygen atoms in total. The van der Waals surface area contributed by atoms with E-state index >= 15 is 0 Å². The number of hydrogen-bond donors (Lipinski definition) is 1. The van der Waals surface area contributed by atoms with E-state index in [1.807, 2.05) is 31.2 Å². The molecule has 7 heteroatoms. The van der Waals surface area contributed by atoms with Crippen molar-refractivity contribution >= 4 is 15.9 Å². The average Bonchev–Trinajstić information content (AvgIpc) is 2.80. The molecule has 3 rings (SSSR count). The number of para-hydroxylation sites is 1. The third-order valence-electron chi connectivity index (χ3n) is 4.33. The van der Waals surface area contributed by atoms with Gasteiger partial charge in [0, 0.05) is 17.7 Å². The van der Waals surface area contributed by atoms with Crippen LogP contribution in [0.3, 0.4) is 0 Å². The molecule has 0 radical (unpaired) electrons. The minimum atomic E-state index is -3.53. The zero-order valence-corrected chi connectivity index (χ0v) is 15.6. The molecule has 0 saturated carbocycles. The summed E-state index contributed by atoms with van der Waals surface area (Å²) in [5.74, 6) is 0.645. The van der Waals surface area contributed by atoms with Gasteiger partial charge in [0.1, 0.15) is 12.4 Å². The first-order chi connectivity index (χ1) is 12.4. The van der Waals surface area contributed by atoms with Crippen LogP contribution in [-0.4, -0.2) is 38.4 Å². The average molecular weight is 374 g/mol. The summed E-state index contributed by atoms with van der Waals surface area (Å²) < 4.78 is 32.3. The number of rotatable bonds is 4. The maximum atomic E-state index is 13.0. The molecule has 1 atom stereocenters. The number of nitrogens with zero attached hydrogens (tertiary/aromatic N) is 1. The smallest absolute Gasteiger partial charge is 0.254 e. The number of amides is 1. The van der Waals surface area contributed by atoms with Crippen LogP contribution in [0.15, 0.2) is 53.4 Å². The van der Waals surface area contributed by atoms with E-state index in [1.165, 1.54) is 12.1 Å². The molecule has 1 aliphatic heterocycles. The molecule has 2 aromatic carbocycles. The Morgan fingerprint density at radius 3 is 2.58 bits per heavy atom. The molecule has 1 aliphatic rings. The number of sulfonamides is 1. The van der Waals surface area contributed by atoms with Gasteiger partial charge in [0.15, 0.2) is 0 Å². The van der Waals surface area contributed by atoms with Crippen molar-refractivity contribution < 1.29 is 17.9 Å². The van der Waals surface area contributed by atoms with E-state index < -0.39 is 10.0 Å². The predicted octanol–water partition coefficient (Wildman–Crippen LogP) is 2.41. The number of nitrogens with one attached hydrogen (secondary N) is 1. The molecule has 1 amide bonds. The normalized spacial score (nSPS) is 17.2. The van der Waals surface area contributed by atoms with E-state index in [0.717, 1.165) is 11.3 Å². The predicted molar refractivity (Wildman–Crippen MR) is 98.6 cm³/mol. The molecule has 0 aliphatic carbocycles. The maximum absolute atomic E-state index is 13.0. The fourth-order valence-corrected chi connectivity index (χ4v) is 3.94. The van der Waals surface area contributed by atoms with Gasteiger partial charge in [-0.2, -0.15) is 0 Å². The van der Waals surface area contributed by atoms with Crippen LogP contribution < -0.4 is 9.46 Å². The summed E-state index contributed by atoms with van der Waals surface area (Å²) in [6.45, 7) is 4.83.